The zero-order valence-electron chi connectivity index (χ0n) is 16.3. The molecule has 28 heavy (non-hydrogen) atoms. The van der Waals surface area contributed by atoms with E-state index in [-0.39, 0.29) is 17.2 Å². The number of rotatable bonds is 7. The average Bonchev–Trinajstić information content (AvgIpc) is 2.71. The molecule has 1 amide bonds. The van der Waals surface area contributed by atoms with Crippen LogP contribution in [0.3, 0.4) is 0 Å². The zero-order chi connectivity index (χ0) is 19.9. The number of nitrogens with one attached hydrogen (secondary N) is 2. The summed E-state index contributed by atoms with van der Waals surface area (Å²) < 4.78 is 18.6. The Hall–Kier alpha value is -2.90. The van der Waals surface area contributed by atoms with Crippen molar-refractivity contribution in [3.05, 3.63) is 41.5 Å². The second-order valence-electron chi connectivity index (χ2n) is 6.74. The molecule has 3 rings (SSSR count). The molecule has 1 aromatic carbocycles. The van der Waals surface area contributed by atoms with E-state index in [9.17, 15) is 9.18 Å². The Bertz CT molecular complexity index is 824. The number of piperidine rings is 1. The number of hydrogen-bond donors (Lipinski definition) is 2. The van der Waals surface area contributed by atoms with Crippen LogP contribution >= 0.6 is 0 Å². The molecule has 150 valence electrons. The van der Waals surface area contributed by atoms with Crippen molar-refractivity contribution in [2.24, 2.45) is 0 Å². The first kappa shape index (κ1) is 19.9. The molecule has 1 fully saturated rings. The zero-order valence-corrected chi connectivity index (χ0v) is 16.3. The summed E-state index contributed by atoms with van der Waals surface area (Å²) in [7, 11) is 1.38. The first-order valence-corrected chi connectivity index (χ1v) is 9.53. The molecule has 2 heterocycles. The largest absolute Gasteiger partial charge is 0.494 e. The number of amides is 1. The number of methoxy groups -OCH3 is 1. The highest BCUT2D eigenvalue weighted by Gasteiger charge is 2.14. The van der Waals surface area contributed by atoms with E-state index in [2.05, 4.69) is 25.5 Å². The number of ether oxygens (including phenoxy) is 1. The molecule has 2 N–H and O–H groups in total. The summed E-state index contributed by atoms with van der Waals surface area (Å²) in [5.74, 6) is 1.60. The first-order chi connectivity index (χ1) is 13.6. The third kappa shape index (κ3) is 5.09. The molecule has 8 heteroatoms. The van der Waals surface area contributed by atoms with E-state index in [0.717, 1.165) is 24.7 Å². The van der Waals surface area contributed by atoms with Crippen LogP contribution in [-0.4, -0.2) is 49.2 Å². The van der Waals surface area contributed by atoms with Crippen molar-refractivity contribution in [1.82, 2.24) is 15.3 Å². The van der Waals surface area contributed by atoms with Crippen molar-refractivity contribution in [2.45, 2.75) is 26.2 Å². The smallest absolute Gasteiger partial charge is 0.251 e. The summed E-state index contributed by atoms with van der Waals surface area (Å²) in [6.45, 7) is 4.79. The van der Waals surface area contributed by atoms with E-state index < -0.39 is 5.82 Å². The van der Waals surface area contributed by atoms with Gasteiger partial charge in [-0.3, -0.25) is 4.79 Å². The lowest BCUT2D eigenvalue weighted by atomic mass is 10.1. The van der Waals surface area contributed by atoms with Crippen LogP contribution in [0.25, 0.3) is 0 Å². The van der Waals surface area contributed by atoms with Crippen molar-refractivity contribution >= 4 is 17.5 Å². The number of nitrogens with zero attached hydrogens (tertiary/aromatic N) is 3. The van der Waals surface area contributed by atoms with Crippen LogP contribution < -0.4 is 20.3 Å². The summed E-state index contributed by atoms with van der Waals surface area (Å²) in [5.41, 5.74) is 0.253. The van der Waals surface area contributed by atoms with Gasteiger partial charge in [-0.15, -0.1) is 0 Å². The van der Waals surface area contributed by atoms with Crippen LogP contribution in [0.15, 0.2) is 24.3 Å². The Morgan fingerprint density at radius 1 is 1.18 bits per heavy atom. The van der Waals surface area contributed by atoms with E-state index in [4.69, 9.17) is 4.74 Å². The van der Waals surface area contributed by atoms with Gasteiger partial charge in [0, 0.05) is 37.8 Å². The molecule has 1 aromatic heterocycles. The number of anilines is 2. The van der Waals surface area contributed by atoms with E-state index in [0.29, 0.717) is 18.9 Å². The van der Waals surface area contributed by atoms with Gasteiger partial charge in [-0.25, -0.2) is 14.4 Å². The number of hydrogen-bond acceptors (Lipinski definition) is 6. The molecule has 0 spiro atoms. The van der Waals surface area contributed by atoms with Gasteiger partial charge in [0.15, 0.2) is 11.6 Å². The highest BCUT2D eigenvalue weighted by atomic mass is 19.1. The fourth-order valence-corrected chi connectivity index (χ4v) is 3.20. The second-order valence-corrected chi connectivity index (χ2v) is 6.74. The third-order valence-corrected chi connectivity index (χ3v) is 4.64. The Morgan fingerprint density at radius 2 is 1.96 bits per heavy atom. The molecule has 1 saturated heterocycles. The van der Waals surface area contributed by atoms with Crippen LogP contribution in [0, 0.1) is 12.7 Å². The molecule has 2 aromatic rings. The topological polar surface area (TPSA) is 79.4 Å². The summed E-state index contributed by atoms with van der Waals surface area (Å²) in [6.07, 6.45) is 3.64. The number of carbonyl (C=O) groups is 1. The lowest BCUT2D eigenvalue weighted by molar-refractivity contribution is 0.0954. The maximum absolute atomic E-state index is 13.7. The fraction of sp³-hybridized carbons (Fsp3) is 0.450. The SMILES string of the molecule is COc1ccc(C(=O)NCCNc2cc(N3CCCCC3)nc(C)n2)cc1F. The molecule has 0 atom stereocenters. The molecule has 0 unspecified atom stereocenters. The Kier molecular flexibility index (Phi) is 6.62. The molecule has 1 aliphatic heterocycles. The quantitative estimate of drug-likeness (QED) is 0.712. The molecular weight excluding hydrogens is 361 g/mol. The minimum atomic E-state index is -0.560. The predicted octanol–water partition coefficient (Wildman–Crippen LogP) is 2.76. The van der Waals surface area contributed by atoms with Crippen LogP contribution in [0.5, 0.6) is 5.75 Å². The maximum atomic E-state index is 13.7. The number of benzene rings is 1. The van der Waals surface area contributed by atoms with Crippen molar-refractivity contribution < 1.29 is 13.9 Å². The predicted molar refractivity (Wildman–Crippen MR) is 107 cm³/mol. The van der Waals surface area contributed by atoms with Crippen molar-refractivity contribution in [2.75, 3.05) is 43.5 Å². The molecule has 1 aliphatic rings. The number of carbonyl (C=O) groups excluding carboxylic acids is 1. The first-order valence-electron chi connectivity index (χ1n) is 9.53. The summed E-state index contributed by atoms with van der Waals surface area (Å²) in [5, 5.41) is 5.98. The van der Waals surface area contributed by atoms with Gasteiger partial charge in [0.2, 0.25) is 0 Å². The summed E-state index contributed by atoms with van der Waals surface area (Å²) >= 11 is 0. The Labute approximate surface area is 164 Å². The van der Waals surface area contributed by atoms with Crippen LogP contribution in [0.4, 0.5) is 16.0 Å². The maximum Gasteiger partial charge on any atom is 0.251 e. The Morgan fingerprint density at radius 3 is 2.68 bits per heavy atom. The van der Waals surface area contributed by atoms with Gasteiger partial charge >= 0.3 is 0 Å². The van der Waals surface area contributed by atoms with Gasteiger partial charge < -0.3 is 20.3 Å². The molecule has 0 bridgehead atoms. The van der Waals surface area contributed by atoms with Crippen LogP contribution in [-0.2, 0) is 0 Å². The molecular formula is C20H26FN5O2. The summed E-state index contributed by atoms with van der Waals surface area (Å²) in [4.78, 5) is 23.4. The summed E-state index contributed by atoms with van der Waals surface area (Å²) in [6, 6.07) is 6.08. The Balaban J connectivity index is 1.51. The number of halogens is 1. The fourth-order valence-electron chi connectivity index (χ4n) is 3.20. The standard InChI is InChI=1S/C20H26FN5O2/c1-14-24-18(13-19(25-14)26-10-4-3-5-11-26)22-8-9-23-20(27)15-6-7-17(28-2)16(21)12-15/h6-7,12-13H,3-5,8-11H2,1-2H3,(H,23,27)(H,22,24,25). The molecule has 0 radical (unpaired) electrons. The molecule has 7 nitrogen and oxygen atoms in total. The highest BCUT2D eigenvalue weighted by Crippen LogP contribution is 2.20. The minimum absolute atomic E-state index is 0.113. The third-order valence-electron chi connectivity index (χ3n) is 4.64. The normalized spacial score (nSPS) is 13.9. The number of aromatic nitrogens is 2. The van der Waals surface area contributed by atoms with E-state index >= 15 is 0 Å². The van der Waals surface area contributed by atoms with Crippen molar-refractivity contribution in [3.8, 4) is 5.75 Å². The second kappa shape index (κ2) is 9.34. The lowest BCUT2D eigenvalue weighted by Crippen LogP contribution is -2.31. The van der Waals surface area contributed by atoms with Gasteiger partial charge in [-0.2, -0.15) is 0 Å². The van der Waals surface area contributed by atoms with Crippen molar-refractivity contribution in [3.63, 3.8) is 0 Å². The number of aryl methyl sites for hydroxylation is 1. The van der Waals surface area contributed by atoms with E-state index in [1.807, 2.05) is 13.0 Å². The highest BCUT2D eigenvalue weighted by molar-refractivity contribution is 5.94. The molecule has 0 aliphatic carbocycles. The lowest BCUT2D eigenvalue weighted by Gasteiger charge is -2.28. The molecule has 0 saturated carbocycles. The monoisotopic (exact) mass is 387 g/mol. The van der Waals surface area contributed by atoms with E-state index in [1.165, 1.54) is 44.6 Å². The average molecular weight is 387 g/mol. The van der Waals surface area contributed by atoms with Gasteiger partial charge in [-0.05, 0) is 44.4 Å². The van der Waals surface area contributed by atoms with Crippen molar-refractivity contribution in [1.29, 1.82) is 0 Å². The van der Waals surface area contributed by atoms with Gasteiger partial charge in [-0.1, -0.05) is 0 Å². The van der Waals surface area contributed by atoms with Gasteiger partial charge in [0.05, 0.1) is 7.11 Å². The van der Waals surface area contributed by atoms with E-state index in [1.54, 1.807) is 0 Å². The van der Waals surface area contributed by atoms with Crippen LogP contribution in [0.1, 0.15) is 35.4 Å². The van der Waals surface area contributed by atoms with Crippen LogP contribution in [0.2, 0.25) is 0 Å². The van der Waals surface area contributed by atoms with Gasteiger partial charge in [0.1, 0.15) is 17.5 Å². The van der Waals surface area contributed by atoms with Gasteiger partial charge in [0.25, 0.3) is 5.91 Å². The minimum Gasteiger partial charge on any atom is -0.494 e.